The highest BCUT2D eigenvalue weighted by Gasteiger charge is 2.14. The van der Waals surface area contributed by atoms with Crippen LogP contribution in [0.25, 0.3) is 21.3 Å². The third-order valence-corrected chi connectivity index (χ3v) is 5.71. The number of Topliss-reactive ketones (excluding diaryl/α,β-unsaturated/α-hetero) is 1. The van der Waals surface area contributed by atoms with Crippen molar-refractivity contribution in [1.29, 1.82) is 0 Å². The van der Waals surface area contributed by atoms with Gasteiger partial charge in [-0.2, -0.15) is 0 Å². The summed E-state index contributed by atoms with van der Waals surface area (Å²) in [7, 11) is 0. The van der Waals surface area contributed by atoms with E-state index in [2.05, 4.69) is 4.98 Å². The summed E-state index contributed by atoms with van der Waals surface area (Å²) < 4.78 is 7.29. The van der Waals surface area contributed by atoms with Crippen molar-refractivity contribution in [2.24, 2.45) is 0 Å². The molecule has 0 aliphatic rings. The van der Waals surface area contributed by atoms with Gasteiger partial charge in [0.2, 0.25) is 0 Å². The van der Waals surface area contributed by atoms with Crippen LogP contribution in [0.5, 0.6) is 5.75 Å². The minimum atomic E-state index is -0.121. The molecule has 0 aliphatic carbocycles. The van der Waals surface area contributed by atoms with Crippen LogP contribution < -0.4 is 10.3 Å². The van der Waals surface area contributed by atoms with Crippen LogP contribution in [-0.4, -0.2) is 21.9 Å². The summed E-state index contributed by atoms with van der Waals surface area (Å²) in [6.45, 7) is 2.07. The van der Waals surface area contributed by atoms with E-state index in [4.69, 9.17) is 16.3 Å². The Morgan fingerprint density at radius 2 is 1.93 bits per heavy atom. The first-order chi connectivity index (χ1) is 14.0. The molecule has 0 fully saturated rings. The van der Waals surface area contributed by atoms with Gasteiger partial charge < -0.3 is 4.74 Å². The summed E-state index contributed by atoms with van der Waals surface area (Å²) in [5, 5.41) is 3.17. The fraction of sp³-hybridized carbons (Fsp3) is 0.136. The molecule has 0 bridgehead atoms. The van der Waals surface area contributed by atoms with Gasteiger partial charge in [-0.1, -0.05) is 35.9 Å². The van der Waals surface area contributed by atoms with Crippen LogP contribution in [-0.2, 0) is 6.54 Å². The second-order valence-corrected chi connectivity index (χ2v) is 7.77. The van der Waals surface area contributed by atoms with Crippen molar-refractivity contribution >= 4 is 38.9 Å². The molecular weight excluding hydrogens is 408 g/mol. The maximum absolute atomic E-state index is 13.1. The van der Waals surface area contributed by atoms with E-state index >= 15 is 0 Å². The lowest BCUT2D eigenvalue weighted by Gasteiger charge is -2.11. The highest BCUT2D eigenvalue weighted by molar-refractivity contribution is 7.17. The Bertz CT molecular complexity index is 1250. The first-order valence-electron chi connectivity index (χ1n) is 9.00. The van der Waals surface area contributed by atoms with Gasteiger partial charge in [0.1, 0.15) is 17.2 Å². The number of halogens is 1. The molecule has 0 atom stereocenters. The molecule has 7 heteroatoms. The normalized spacial score (nSPS) is 11.0. The molecule has 29 heavy (non-hydrogen) atoms. The van der Waals surface area contributed by atoms with Gasteiger partial charge in [-0.3, -0.25) is 14.2 Å². The standard InChI is InChI=1S/C22H17ClN2O3S/c1-14(26)17-4-2-3-5-19(17)28-11-10-25-13-24-21-20(22(25)27)18(12-29-21)15-6-8-16(23)9-7-15/h2-9,12-13H,10-11H2,1H3. The maximum atomic E-state index is 13.1. The zero-order valence-corrected chi connectivity index (χ0v) is 17.2. The van der Waals surface area contributed by atoms with Gasteiger partial charge in [0.25, 0.3) is 5.56 Å². The van der Waals surface area contributed by atoms with Gasteiger partial charge in [-0.05, 0) is 36.8 Å². The number of carbonyl (C=O) groups excluding carboxylic acids is 1. The van der Waals surface area contributed by atoms with Crippen molar-refractivity contribution < 1.29 is 9.53 Å². The molecule has 0 aliphatic heterocycles. The number of nitrogens with zero attached hydrogens (tertiary/aromatic N) is 2. The number of rotatable bonds is 6. The third kappa shape index (κ3) is 3.95. The molecule has 5 nitrogen and oxygen atoms in total. The summed E-state index contributed by atoms with van der Waals surface area (Å²) in [6, 6.07) is 14.5. The predicted molar refractivity (Wildman–Crippen MR) is 116 cm³/mol. The van der Waals surface area contributed by atoms with E-state index in [-0.39, 0.29) is 17.9 Å². The largest absolute Gasteiger partial charge is 0.491 e. The monoisotopic (exact) mass is 424 g/mol. The third-order valence-electron chi connectivity index (χ3n) is 4.57. The number of aromatic nitrogens is 2. The first kappa shape index (κ1) is 19.4. The van der Waals surface area contributed by atoms with E-state index in [0.29, 0.717) is 33.1 Å². The number of hydrogen-bond acceptors (Lipinski definition) is 5. The number of carbonyl (C=O) groups is 1. The molecule has 2 heterocycles. The zero-order valence-electron chi connectivity index (χ0n) is 15.6. The molecule has 0 unspecified atom stereocenters. The molecule has 4 aromatic rings. The van der Waals surface area contributed by atoms with Gasteiger partial charge in [-0.15, -0.1) is 11.3 Å². The fourth-order valence-corrected chi connectivity index (χ4v) is 4.14. The Labute approximate surface area is 176 Å². The Morgan fingerprint density at radius 3 is 2.69 bits per heavy atom. The van der Waals surface area contributed by atoms with E-state index in [1.165, 1.54) is 29.2 Å². The lowest BCUT2D eigenvalue weighted by molar-refractivity contribution is 0.101. The molecule has 0 saturated carbocycles. The summed E-state index contributed by atoms with van der Waals surface area (Å²) in [5.74, 6) is 0.450. The van der Waals surface area contributed by atoms with Crippen molar-refractivity contribution in [2.45, 2.75) is 13.5 Å². The van der Waals surface area contributed by atoms with E-state index < -0.39 is 0 Å². The fourth-order valence-electron chi connectivity index (χ4n) is 3.11. The van der Waals surface area contributed by atoms with Crippen LogP contribution in [0.15, 0.2) is 65.0 Å². The second kappa shape index (κ2) is 8.19. The highest BCUT2D eigenvalue weighted by atomic mass is 35.5. The molecule has 4 rings (SSSR count). The number of thiophene rings is 1. The lowest BCUT2D eigenvalue weighted by atomic mass is 10.1. The molecule has 0 spiro atoms. The van der Waals surface area contributed by atoms with E-state index in [0.717, 1.165) is 11.1 Å². The van der Waals surface area contributed by atoms with Gasteiger partial charge >= 0.3 is 0 Å². The van der Waals surface area contributed by atoms with Crippen molar-refractivity contribution in [3.05, 3.63) is 81.2 Å². The van der Waals surface area contributed by atoms with Crippen molar-refractivity contribution in [3.8, 4) is 16.9 Å². The molecule has 0 saturated heterocycles. The number of ether oxygens (including phenoxy) is 1. The van der Waals surface area contributed by atoms with E-state index in [1.807, 2.05) is 23.6 Å². The summed E-state index contributed by atoms with van der Waals surface area (Å²) >= 11 is 7.41. The maximum Gasteiger partial charge on any atom is 0.262 e. The molecule has 2 aromatic heterocycles. The summed E-state index contributed by atoms with van der Waals surface area (Å²) in [6.07, 6.45) is 1.53. The van der Waals surface area contributed by atoms with Gasteiger partial charge in [0.05, 0.1) is 23.8 Å². The number of ketones is 1. The molecule has 0 N–H and O–H groups in total. The average molecular weight is 425 g/mol. The van der Waals surface area contributed by atoms with E-state index in [1.54, 1.807) is 30.3 Å². The molecule has 2 aromatic carbocycles. The SMILES string of the molecule is CC(=O)c1ccccc1OCCn1cnc2scc(-c3ccc(Cl)cc3)c2c1=O. The summed E-state index contributed by atoms with van der Waals surface area (Å²) in [5.41, 5.74) is 2.17. The first-order valence-corrected chi connectivity index (χ1v) is 10.3. The predicted octanol–water partition coefficient (Wildman–Crippen LogP) is 5.06. The number of para-hydroxylation sites is 1. The number of benzene rings is 2. The second-order valence-electron chi connectivity index (χ2n) is 6.48. The Balaban J connectivity index is 1.60. The zero-order chi connectivity index (χ0) is 20.4. The van der Waals surface area contributed by atoms with Gasteiger partial charge in [0, 0.05) is 16.0 Å². The summed E-state index contributed by atoms with van der Waals surface area (Å²) in [4.78, 5) is 29.9. The lowest BCUT2D eigenvalue weighted by Crippen LogP contribution is -2.23. The molecule has 0 radical (unpaired) electrons. The molecular formula is C22H17ClN2O3S. The van der Waals surface area contributed by atoms with Gasteiger partial charge in [-0.25, -0.2) is 4.98 Å². The van der Waals surface area contributed by atoms with Crippen LogP contribution >= 0.6 is 22.9 Å². The van der Waals surface area contributed by atoms with Crippen molar-refractivity contribution in [2.75, 3.05) is 6.61 Å². The van der Waals surface area contributed by atoms with E-state index in [9.17, 15) is 9.59 Å². The number of fused-ring (bicyclic) bond motifs is 1. The molecule has 146 valence electrons. The smallest absolute Gasteiger partial charge is 0.262 e. The van der Waals surface area contributed by atoms with Crippen LogP contribution in [0.3, 0.4) is 0 Å². The average Bonchev–Trinajstić information content (AvgIpc) is 3.15. The van der Waals surface area contributed by atoms with Crippen LogP contribution in [0.2, 0.25) is 5.02 Å². The van der Waals surface area contributed by atoms with Crippen LogP contribution in [0.4, 0.5) is 0 Å². The quantitative estimate of drug-likeness (QED) is 0.406. The minimum Gasteiger partial charge on any atom is -0.491 e. The Kier molecular flexibility index (Phi) is 5.47. The van der Waals surface area contributed by atoms with Crippen LogP contribution in [0, 0.1) is 0 Å². The van der Waals surface area contributed by atoms with Gasteiger partial charge in [0.15, 0.2) is 5.78 Å². The van der Waals surface area contributed by atoms with Crippen LogP contribution in [0.1, 0.15) is 17.3 Å². The molecule has 0 amide bonds. The Hall–Kier alpha value is -2.96. The Morgan fingerprint density at radius 1 is 1.17 bits per heavy atom. The highest BCUT2D eigenvalue weighted by Crippen LogP contribution is 2.31. The minimum absolute atomic E-state index is 0.0632. The topological polar surface area (TPSA) is 61.2 Å². The van der Waals surface area contributed by atoms with Crippen molar-refractivity contribution in [1.82, 2.24) is 9.55 Å². The van der Waals surface area contributed by atoms with Crippen molar-refractivity contribution in [3.63, 3.8) is 0 Å². The number of hydrogen-bond donors (Lipinski definition) is 0.